The van der Waals surface area contributed by atoms with Gasteiger partial charge in [0, 0.05) is 0 Å². The maximum atomic E-state index is 5.67. The predicted octanol–water partition coefficient (Wildman–Crippen LogP) is 2.33. The summed E-state index contributed by atoms with van der Waals surface area (Å²) in [4.78, 5) is 0. The van der Waals surface area contributed by atoms with Crippen LogP contribution in [0.2, 0.25) is 0 Å². The molecule has 0 aromatic carbocycles. The van der Waals surface area contributed by atoms with Crippen LogP contribution in [0.3, 0.4) is 0 Å². The summed E-state index contributed by atoms with van der Waals surface area (Å²) in [5.41, 5.74) is 11.1. The van der Waals surface area contributed by atoms with Crippen molar-refractivity contribution in [1.29, 1.82) is 0 Å². The van der Waals surface area contributed by atoms with Gasteiger partial charge in [-0.3, -0.25) is 0 Å². The molecule has 4 N–H and O–H groups in total. The Bertz CT molecular complexity index is 431. The van der Waals surface area contributed by atoms with Crippen LogP contribution < -0.4 is 11.5 Å². The molecule has 92 valence electrons. The molecule has 2 rings (SSSR count). The highest BCUT2D eigenvalue weighted by Crippen LogP contribution is 2.30. The van der Waals surface area contributed by atoms with Crippen LogP contribution >= 0.6 is 0 Å². The Morgan fingerprint density at radius 2 is 1.41 bits per heavy atom. The predicted molar refractivity (Wildman–Crippen MR) is 65.3 cm³/mol. The molecule has 17 heavy (non-hydrogen) atoms. The maximum Gasteiger partial charge on any atom is 0.117 e. The molecule has 0 radical (unpaired) electrons. The quantitative estimate of drug-likeness (QED) is 0.832. The van der Waals surface area contributed by atoms with Gasteiger partial charge >= 0.3 is 0 Å². The van der Waals surface area contributed by atoms with Gasteiger partial charge in [-0.1, -0.05) is 6.92 Å². The lowest BCUT2D eigenvalue weighted by molar-refractivity contribution is 0.392. The molecule has 4 nitrogen and oxygen atoms in total. The Labute approximate surface area is 101 Å². The second kappa shape index (κ2) is 5.21. The lowest BCUT2D eigenvalue weighted by Crippen LogP contribution is -1.98. The van der Waals surface area contributed by atoms with Gasteiger partial charge < -0.3 is 20.3 Å². The van der Waals surface area contributed by atoms with Crippen molar-refractivity contribution in [3.8, 4) is 0 Å². The summed E-state index contributed by atoms with van der Waals surface area (Å²) in [5.74, 6) is 3.51. The Morgan fingerprint density at radius 1 is 0.941 bits per heavy atom. The van der Waals surface area contributed by atoms with Crippen LogP contribution in [0.5, 0.6) is 0 Å². The molecule has 0 aliphatic heterocycles. The van der Waals surface area contributed by atoms with Crippen LogP contribution in [0.25, 0.3) is 0 Å². The van der Waals surface area contributed by atoms with E-state index in [1.54, 1.807) is 0 Å². The lowest BCUT2D eigenvalue weighted by Gasteiger charge is -2.08. The van der Waals surface area contributed by atoms with E-state index < -0.39 is 0 Å². The van der Waals surface area contributed by atoms with Crippen molar-refractivity contribution in [2.24, 2.45) is 11.5 Å². The highest BCUT2D eigenvalue weighted by Gasteiger charge is 2.19. The number of hydrogen-bond donors (Lipinski definition) is 2. The Balaban J connectivity index is 2.26. The molecule has 0 spiro atoms. The van der Waals surface area contributed by atoms with E-state index in [1.165, 1.54) is 0 Å². The highest BCUT2D eigenvalue weighted by molar-refractivity contribution is 5.22. The van der Waals surface area contributed by atoms with Crippen LogP contribution in [0.15, 0.2) is 33.1 Å². The van der Waals surface area contributed by atoms with E-state index in [-0.39, 0.29) is 5.92 Å². The first-order chi connectivity index (χ1) is 8.28. The Kier molecular flexibility index (Phi) is 3.66. The van der Waals surface area contributed by atoms with Gasteiger partial charge in [-0.05, 0) is 30.7 Å². The van der Waals surface area contributed by atoms with Crippen molar-refractivity contribution < 1.29 is 8.83 Å². The van der Waals surface area contributed by atoms with Gasteiger partial charge in [-0.25, -0.2) is 0 Å². The molecule has 0 atom stereocenters. The minimum atomic E-state index is 0.135. The fraction of sp³-hybridized carbons (Fsp3) is 0.385. The summed E-state index contributed by atoms with van der Waals surface area (Å²) in [6.07, 6.45) is 0.912. The van der Waals surface area contributed by atoms with E-state index in [0.29, 0.717) is 13.1 Å². The maximum absolute atomic E-state index is 5.67. The molecule has 0 aliphatic rings. The zero-order valence-electron chi connectivity index (χ0n) is 9.98. The van der Waals surface area contributed by atoms with Crippen molar-refractivity contribution in [1.82, 2.24) is 0 Å². The van der Waals surface area contributed by atoms with Crippen LogP contribution in [-0.2, 0) is 13.1 Å². The fourth-order valence-corrected chi connectivity index (χ4v) is 1.93. The zero-order valence-corrected chi connectivity index (χ0v) is 9.98. The summed E-state index contributed by atoms with van der Waals surface area (Å²) in [6.45, 7) is 2.94. The second-order valence-electron chi connectivity index (χ2n) is 3.98. The fourth-order valence-electron chi connectivity index (χ4n) is 1.93. The largest absolute Gasteiger partial charge is 0.464 e. The molecule has 2 heterocycles. The molecular weight excluding hydrogens is 216 g/mol. The van der Waals surface area contributed by atoms with Crippen molar-refractivity contribution in [2.45, 2.75) is 32.4 Å². The van der Waals surface area contributed by atoms with Crippen LogP contribution in [0.4, 0.5) is 0 Å². The SMILES string of the molecule is CCC(c1ccc(CN)o1)c1ccc(CN)o1. The van der Waals surface area contributed by atoms with Gasteiger partial charge in [0.05, 0.1) is 19.0 Å². The molecule has 0 saturated heterocycles. The molecule has 2 aromatic rings. The first kappa shape index (κ1) is 12.0. The summed E-state index contributed by atoms with van der Waals surface area (Å²) in [6, 6.07) is 7.73. The molecule has 0 fully saturated rings. The molecule has 0 aliphatic carbocycles. The van der Waals surface area contributed by atoms with E-state index in [1.807, 2.05) is 24.3 Å². The molecule has 4 heteroatoms. The molecule has 2 aromatic heterocycles. The van der Waals surface area contributed by atoms with Crippen molar-refractivity contribution in [3.63, 3.8) is 0 Å². The normalized spacial score (nSPS) is 11.3. The van der Waals surface area contributed by atoms with Crippen molar-refractivity contribution in [2.75, 3.05) is 0 Å². The van der Waals surface area contributed by atoms with E-state index in [4.69, 9.17) is 20.3 Å². The number of rotatable bonds is 5. The first-order valence-electron chi connectivity index (χ1n) is 5.85. The molecular formula is C13H18N2O2. The van der Waals surface area contributed by atoms with Crippen LogP contribution in [-0.4, -0.2) is 0 Å². The van der Waals surface area contributed by atoms with E-state index in [2.05, 4.69) is 6.92 Å². The third kappa shape index (κ3) is 2.43. The summed E-state index contributed by atoms with van der Waals surface area (Å²) in [7, 11) is 0. The Morgan fingerprint density at radius 3 is 1.71 bits per heavy atom. The number of nitrogens with two attached hydrogens (primary N) is 2. The van der Waals surface area contributed by atoms with Gasteiger partial charge in [0.2, 0.25) is 0 Å². The smallest absolute Gasteiger partial charge is 0.117 e. The number of hydrogen-bond acceptors (Lipinski definition) is 4. The average molecular weight is 234 g/mol. The third-order valence-corrected chi connectivity index (χ3v) is 2.86. The summed E-state index contributed by atoms with van der Waals surface area (Å²) < 4.78 is 11.3. The summed E-state index contributed by atoms with van der Waals surface area (Å²) in [5, 5.41) is 0. The monoisotopic (exact) mass is 234 g/mol. The molecule has 0 amide bonds. The summed E-state index contributed by atoms with van der Waals surface area (Å²) >= 11 is 0. The van der Waals surface area contributed by atoms with E-state index in [0.717, 1.165) is 29.5 Å². The van der Waals surface area contributed by atoms with E-state index >= 15 is 0 Å². The minimum absolute atomic E-state index is 0.135. The van der Waals surface area contributed by atoms with Crippen molar-refractivity contribution >= 4 is 0 Å². The van der Waals surface area contributed by atoms with Gasteiger partial charge in [0.1, 0.15) is 23.0 Å². The molecule has 0 saturated carbocycles. The highest BCUT2D eigenvalue weighted by atomic mass is 16.4. The van der Waals surface area contributed by atoms with E-state index in [9.17, 15) is 0 Å². The minimum Gasteiger partial charge on any atom is -0.464 e. The van der Waals surface area contributed by atoms with Crippen LogP contribution in [0, 0.1) is 0 Å². The lowest BCUT2D eigenvalue weighted by atomic mass is 10.0. The zero-order chi connectivity index (χ0) is 12.3. The van der Waals surface area contributed by atoms with Gasteiger partial charge in [0.15, 0.2) is 0 Å². The van der Waals surface area contributed by atoms with Crippen molar-refractivity contribution in [3.05, 3.63) is 47.3 Å². The number of furan rings is 2. The standard InChI is InChI=1S/C13H18N2O2/c1-2-11(12-5-3-9(7-14)16-12)13-6-4-10(8-15)17-13/h3-6,11H,2,7-8,14-15H2,1H3. The van der Waals surface area contributed by atoms with Gasteiger partial charge in [-0.2, -0.15) is 0 Å². The van der Waals surface area contributed by atoms with Gasteiger partial charge in [0.25, 0.3) is 0 Å². The van der Waals surface area contributed by atoms with Crippen LogP contribution in [0.1, 0.15) is 42.3 Å². The second-order valence-corrected chi connectivity index (χ2v) is 3.98. The molecule has 0 unspecified atom stereocenters. The topological polar surface area (TPSA) is 78.3 Å². The average Bonchev–Trinajstić information content (AvgIpc) is 2.99. The van der Waals surface area contributed by atoms with Gasteiger partial charge in [-0.15, -0.1) is 0 Å². The third-order valence-electron chi connectivity index (χ3n) is 2.86. The Hall–Kier alpha value is -1.52. The first-order valence-corrected chi connectivity index (χ1v) is 5.85. The molecule has 0 bridgehead atoms.